The molecule has 0 aliphatic carbocycles. The Bertz CT molecular complexity index is 1060. The Morgan fingerprint density at radius 2 is 1.93 bits per heavy atom. The van der Waals surface area contributed by atoms with Gasteiger partial charge in [0.25, 0.3) is 5.91 Å². The zero-order valence-electron chi connectivity index (χ0n) is 15.8. The van der Waals surface area contributed by atoms with Crippen molar-refractivity contribution in [1.82, 2.24) is 10.2 Å². The van der Waals surface area contributed by atoms with Gasteiger partial charge in [-0.3, -0.25) is 10.1 Å². The third-order valence-electron chi connectivity index (χ3n) is 4.00. The first kappa shape index (κ1) is 19.3. The molecule has 3 rings (SSSR count). The van der Waals surface area contributed by atoms with Crippen LogP contribution in [0.3, 0.4) is 0 Å². The number of aromatic nitrogens is 2. The number of hydrogen-bond acceptors (Lipinski definition) is 6. The summed E-state index contributed by atoms with van der Waals surface area (Å²) in [7, 11) is 3.94. The number of nitrogens with zero attached hydrogens (tertiary/aromatic N) is 4. The summed E-state index contributed by atoms with van der Waals surface area (Å²) in [6.45, 7) is 1.93. The summed E-state index contributed by atoms with van der Waals surface area (Å²) < 4.78 is 0. The van der Waals surface area contributed by atoms with Crippen molar-refractivity contribution in [3.8, 4) is 6.07 Å². The molecule has 0 atom stereocenters. The molecule has 0 aliphatic heterocycles. The minimum absolute atomic E-state index is 0.256. The van der Waals surface area contributed by atoms with E-state index in [4.69, 9.17) is 0 Å². The first-order valence-electron chi connectivity index (χ1n) is 8.57. The van der Waals surface area contributed by atoms with Crippen LogP contribution >= 0.6 is 11.3 Å². The van der Waals surface area contributed by atoms with E-state index in [9.17, 15) is 10.1 Å². The van der Waals surface area contributed by atoms with Gasteiger partial charge in [-0.1, -0.05) is 41.2 Å². The van der Waals surface area contributed by atoms with E-state index < -0.39 is 0 Å². The second kappa shape index (κ2) is 8.46. The summed E-state index contributed by atoms with van der Waals surface area (Å²) in [5, 5.41) is 21.1. The summed E-state index contributed by atoms with van der Waals surface area (Å²) in [6, 6.07) is 17.3. The van der Waals surface area contributed by atoms with Gasteiger partial charge in [-0.05, 0) is 42.8 Å². The van der Waals surface area contributed by atoms with E-state index in [1.54, 1.807) is 18.2 Å². The Kier molecular flexibility index (Phi) is 5.82. The SMILES string of the molecule is Cc1cccc(C(=O)Nc2nnc(/C(C#N)=C/c3ccc(N(C)C)cc3)s2)c1. The summed E-state index contributed by atoms with van der Waals surface area (Å²) in [4.78, 5) is 14.3. The van der Waals surface area contributed by atoms with Crippen molar-refractivity contribution in [3.05, 3.63) is 70.2 Å². The molecule has 140 valence electrons. The van der Waals surface area contributed by atoms with Crippen LogP contribution in [0.2, 0.25) is 0 Å². The maximum atomic E-state index is 12.3. The Hall–Kier alpha value is -3.50. The number of aryl methyl sites for hydroxylation is 1. The van der Waals surface area contributed by atoms with Crippen LogP contribution in [-0.2, 0) is 0 Å². The molecular formula is C21H19N5OS. The molecule has 0 fully saturated rings. The zero-order chi connectivity index (χ0) is 20.1. The minimum atomic E-state index is -0.256. The minimum Gasteiger partial charge on any atom is -0.378 e. The van der Waals surface area contributed by atoms with Crippen LogP contribution in [0.4, 0.5) is 10.8 Å². The Balaban J connectivity index is 1.77. The van der Waals surface area contributed by atoms with Crippen molar-refractivity contribution in [2.45, 2.75) is 6.92 Å². The smallest absolute Gasteiger partial charge is 0.257 e. The lowest BCUT2D eigenvalue weighted by molar-refractivity contribution is 0.102. The predicted octanol–water partition coefficient (Wildman–Crippen LogP) is 4.23. The number of allylic oxidation sites excluding steroid dienone is 1. The molecule has 28 heavy (non-hydrogen) atoms. The third-order valence-corrected chi connectivity index (χ3v) is 4.87. The number of nitrogens with one attached hydrogen (secondary N) is 1. The van der Waals surface area contributed by atoms with E-state index in [2.05, 4.69) is 21.6 Å². The number of anilines is 2. The average molecular weight is 389 g/mol. The number of nitriles is 1. The van der Waals surface area contributed by atoms with Crippen molar-refractivity contribution in [1.29, 1.82) is 5.26 Å². The molecule has 1 N–H and O–H groups in total. The van der Waals surface area contributed by atoms with Gasteiger partial charge in [0.05, 0.1) is 5.57 Å². The van der Waals surface area contributed by atoms with Crippen LogP contribution in [0.5, 0.6) is 0 Å². The van der Waals surface area contributed by atoms with Gasteiger partial charge >= 0.3 is 0 Å². The van der Waals surface area contributed by atoms with Crippen LogP contribution in [-0.4, -0.2) is 30.2 Å². The number of carbonyl (C=O) groups is 1. The van der Waals surface area contributed by atoms with Gasteiger partial charge in [-0.15, -0.1) is 10.2 Å². The molecule has 3 aromatic rings. The molecule has 7 heteroatoms. The molecule has 0 saturated heterocycles. The standard InChI is InChI=1S/C21H19N5OS/c1-14-5-4-6-16(11-14)19(27)23-21-25-24-20(28-21)17(13-22)12-15-7-9-18(10-8-15)26(2)3/h4-12H,1-3H3,(H,23,25,27)/b17-12+. The number of amides is 1. The van der Waals surface area contributed by atoms with Gasteiger partial charge < -0.3 is 4.90 Å². The quantitative estimate of drug-likeness (QED) is 0.661. The monoisotopic (exact) mass is 389 g/mol. The van der Waals surface area contributed by atoms with E-state index in [0.717, 1.165) is 16.8 Å². The van der Waals surface area contributed by atoms with Crippen molar-refractivity contribution in [2.75, 3.05) is 24.3 Å². The molecule has 0 spiro atoms. The first-order valence-corrected chi connectivity index (χ1v) is 9.39. The molecule has 0 aliphatic rings. The molecular weight excluding hydrogens is 370 g/mol. The second-order valence-corrected chi connectivity index (χ2v) is 7.37. The van der Waals surface area contributed by atoms with Crippen molar-refractivity contribution < 1.29 is 4.79 Å². The molecule has 0 unspecified atom stereocenters. The van der Waals surface area contributed by atoms with Crippen molar-refractivity contribution in [2.24, 2.45) is 0 Å². The molecule has 0 saturated carbocycles. The van der Waals surface area contributed by atoms with Crippen LogP contribution in [0.25, 0.3) is 11.6 Å². The third kappa shape index (κ3) is 4.61. The van der Waals surface area contributed by atoms with Gasteiger partial charge in [-0.25, -0.2) is 0 Å². The number of rotatable bonds is 5. The molecule has 1 aromatic heterocycles. The Morgan fingerprint density at radius 1 is 1.18 bits per heavy atom. The van der Waals surface area contributed by atoms with E-state index in [-0.39, 0.29) is 5.91 Å². The van der Waals surface area contributed by atoms with Crippen LogP contribution in [0.1, 0.15) is 26.5 Å². The summed E-state index contributed by atoms with van der Waals surface area (Å²) in [6.07, 6.45) is 1.76. The molecule has 0 bridgehead atoms. The molecule has 1 heterocycles. The summed E-state index contributed by atoms with van der Waals surface area (Å²) in [5.74, 6) is -0.256. The Morgan fingerprint density at radius 3 is 2.57 bits per heavy atom. The van der Waals surface area contributed by atoms with Crippen LogP contribution < -0.4 is 10.2 Å². The van der Waals surface area contributed by atoms with E-state index in [0.29, 0.717) is 21.3 Å². The fourth-order valence-electron chi connectivity index (χ4n) is 2.52. The predicted molar refractivity (Wildman–Crippen MR) is 113 cm³/mol. The summed E-state index contributed by atoms with van der Waals surface area (Å²) in [5.41, 5.74) is 3.91. The molecule has 6 nitrogen and oxygen atoms in total. The fraction of sp³-hybridized carbons (Fsp3) is 0.143. The second-order valence-electron chi connectivity index (χ2n) is 6.39. The topological polar surface area (TPSA) is 81.9 Å². The highest BCUT2D eigenvalue weighted by Crippen LogP contribution is 2.25. The van der Waals surface area contributed by atoms with Crippen LogP contribution in [0, 0.1) is 18.3 Å². The highest BCUT2D eigenvalue weighted by Gasteiger charge is 2.13. The maximum Gasteiger partial charge on any atom is 0.257 e. The van der Waals surface area contributed by atoms with Gasteiger partial charge in [-0.2, -0.15) is 5.26 Å². The molecule has 1 amide bonds. The average Bonchev–Trinajstić information content (AvgIpc) is 3.14. The number of carbonyl (C=O) groups excluding carboxylic acids is 1. The van der Waals surface area contributed by atoms with Crippen LogP contribution in [0.15, 0.2) is 48.5 Å². The fourth-order valence-corrected chi connectivity index (χ4v) is 3.22. The lowest BCUT2D eigenvalue weighted by Gasteiger charge is -2.11. The lowest BCUT2D eigenvalue weighted by atomic mass is 10.1. The van der Waals surface area contributed by atoms with Gasteiger partial charge in [0.15, 0.2) is 5.01 Å². The summed E-state index contributed by atoms with van der Waals surface area (Å²) >= 11 is 1.17. The largest absolute Gasteiger partial charge is 0.378 e. The normalized spacial score (nSPS) is 11.0. The van der Waals surface area contributed by atoms with Crippen molar-refractivity contribution >= 4 is 39.7 Å². The van der Waals surface area contributed by atoms with Crippen molar-refractivity contribution in [3.63, 3.8) is 0 Å². The molecule has 0 radical (unpaired) electrons. The molecule has 2 aromatic carbocycles. The first-order chi connectivity index (χ1) is 13.5. The number of hydrogen-bond donors (Lipinski definition) is 1. The number of benzene rings is 2. The van der Waals surface area contributed by atoms with Gasteiger partial charge in [0.1, 0.15) is 6.07 Å². The maximum absolute atomic E-state index is 12.3. The van der Waals surface area contributed by atoms with Gasteiger partial charge in [0.2, 0.25) is 5.13 Å². The Labute approximate surface area is 167 Å². The van der Waals surface area contributed by atoms with E-state index in [1.165, 1.54) is 11.3 Å². The van der Waals surface area contributed by atoms with Gasteiger partial charge in [0, 0.05) is 25.3 Å². The lowest BCUT2D eigenvalue weighted by Crippen LogP contribution is -2.11. The highest BCUT2D eigenvalue weighted by molar-refractivity contribution is 7.16. The zero-order valence-corrected chi connectivity index (χ0v) is 16.6. The van der Waals surface area contributed by atoms with E-state index in [1.807, 2.05) is 62.3 Å². The van der Waals surface area contributed by atoms with E-state index >= 15 is 0 Å². The highest BCUT2D eigenvalue weighted by atomic mass is 32.1.